The second-order valence-corrected chi connectivity index (χ2v) is 5.75. The molecular formula is C16H19N3OS. The molecule has 1 amide bonds. The van der Waals surface area contributed by atoms with E-state index in [0.29, 0.717) is 5.75 Å². The molecule has 1 N–H and O–H groups in total. The zero-order valence-electron chi connectivity index (χ0n) is 12.2. The van der Waals surface area contributed by atoms with Gasteiger partial charge in [0.2, 0.25) is 5.91 Å². The number of thioether (sulfide) groups is 1. The fraction of sp³-hybridized carbons (Fsp3) is 0.312. The average Bonchev–Trinajstić information content (AvgIpc) is 2.52. The molecule has 0 aromatic carbocycles. The SMILES string of the molecule is CCC(NC(=O)CSc1ccncc1)c1ncccc1C. The highest BCUT2D eigenvalue weighted by Gasteiger charge is 2.15. The first-order valence-corrected chi connectivity index (χ1v) is 7.93. The fourth-order valence-corrected chi connectivity index (χ4v) is 2.74. The molecule has 0 bridgehead atoms. The topological polar surface area (TPSA) is 54.9 Å². The van der Waals surface area contributed by atoms with E-state index in [0.717, 1.165) is 22.6 Å². The molecule has 2 aromatic rings. The van der Waals surface area contributed by atoms with Crippen molar-refractivity contribution in [1.29, 1.82) is 0 Å². The smallest absolute Gasteiger partial charge is 0.230 e. The van der Waals surface area contributed by atoms with E-state index in [-0.39, 0.29) is 11.9 Å². The van der Waals surface area contributed by atoms with Crippen LogP contribution in [0.4, 0.5) is 0 Å². The first-order valence-electron chi connectivity index (χ1n) is 6.94. The number of hydrogen-bond acceptors (Lipinski definition) is 4. The Bertz CT molecular complexity index is 589. The van der Waals surface area contributed by atoms with Gasteiger partial charge in [0.25, 0.3) is 0 Å². The van der Waals surface area contributed by atoms with Crippen LogP contribution >= 0.6 is 11.8 Å². The van der Waals surface area contributed by atoms with Crippen molar-refractivity contribution in [3.05, 3.63) is 54.1 Å². The quantitative estimate of drug-likeness (QED) is 0.833. The number of carbonyl (C=O) groups is 1. The molecule has 2 heterocycles. The second-order valence-electron chi connectivity index (χ2n) is 4.71. The van der Waals surface area contributed by atoms with Gasteiger partial charge in [-0.1, -0.05) is 13.0 Å². The predicted octanol–water partition coefficient (Wildman–Crippen LogP) is 3.14. The predicted molar refractivity (Wildman–Crippen MR) is 85.1 cm³/mol. The first kappa shape index (κ1) is 15.5. The third-order valence-corrected chi connectivity index (χ3v) is 4.16. The summed E-state index contributed by atoms with van der Waals surface area (Å²) in [6.07, 6.45) is 6.05. The number of nitrogens with zero attached hydrogens (tertiary/aromatic N) is 2. The lowest BCUT2D eigenvalue weighted by Gasteiger charge is -2.18. The summed E-state index contributed by atoms with van der Waals surface area (Å²) >= 11 is 1.51. The molecule has 0 aliphatic carbocycles. The van der Waals surface area contributed by atoms with Gasteiger partial charge in [0.1, 0.15) is 0 Å². The van der Waals surface area contributed by atoms with Crippen LogP contribution in [0.1, 0.15) is 30.6 Å². The van der Waals surface area contributed by atoms with Gasteiger partial charge in [0.15, 0.2) is 0 Å². The zero-order chi connectivity index (χ0) is 15.1. The molecule has 0 aliphatic rings. The Balaban J connectivity index is 1.93. The Kier molecular flexibility index (Phi) is 5.75. The summed E-state index contributed by atoms with van der Waals surface area (Å²) in [4.78, 5) is 21.5. The van der Waals surface area contributed by atoms with Crippen LogP contribution in [-0.2, 0) is 4.79 Å². The van der Waals surface area contributed by atoms with E-state index in [4.69, 9.17) is 0 Å². The van der Waals surface area contributed by atoms with Gasteiger partial charge in [-0.25, -0.2) is 0 Å². The Morgan fingerprint density at radius 1 is 1.29 bits per heavy atom. The van der Waals surface area contributed by atoms with Crippen LogP contribution in [0.15, 0.2) is 47.8 Å². The largest absolute Gasteiger partial charge is 0.347 e. The molecule has 110 valence electrons. The van der Waals surface area contributed by atoms with Gasteiger partial charge in [0, 0.05) is 23.5 Å². The van der Waals surface area contributed by atoms with Crippen LogP contribution in [0.2, 0.25) is 0 Å². The van der Waals surface area contributed by atoms with Crippen molar-refractivity contribution in [1.82, 2.24) is 15.3 Å². The van der Waals surface area contributed by atoms with Crippen molar-refractivity contribution in [2.45, 2.75) is 31.2 Å². The second kappa shape index (κ2) is 7.78. The third-order valence-electron chi connectivity index (χ3n) is 3.14. The minimum absolute atomic E-state index is 0.0220. The van der Waals surface area contributed by atoms with Gasteiger partial charge in [0.05, 0.1) is 17.5 Å². The van der Waals surface area contributed by atoms with Crippen molar-refractivity contribution in [2.75, 3.05) is 5.75 Å². The Morgan fingerprint density at radius 2 is 2.05 bits per heavy atom. The molecule has 5 heteroatoms. The van der Waals surface area contributed by atoms with Crippen LogP contribution < -0.4 is 5.32 Å². The summed E-state index contributed by atoms with van der Waals surface area (Å²) in [7, 11) is 0. The van der Waals surface area contributed by atoms with Crippen molar-refractivity contribution in [3.63, 3.8) is 0 Å². The van der Waals surface area contributed by atoms with E-state index in [1.807, 2.05) is 31.2 Å². The number of pyridine rings is 2. The van der Waals surface area contributed by atoms with E-state index in [1.165, 1.54) is 11.8 Å². The Hall–Kier alpha value is -1.88. The molecule has 2 rings (SSSR count). The number of carbonyl (C=O) groups excluding carboxylic acids is 1. The van der Waals surface area contributed by atoms with Gasteiger partial charge in [-0.2, -0.15) is 0 Å². The maximum atomic E-state index is 12.1. The highest BCUT2D eigenvalue weighted by molar-refractivity contribution is 8.00. The Morgan fingerprint density at radius 3 is 2.71 bits per heavy atom. The minimum atomic E-state index is -0.0308. The molecule has 0 aliphatic heterocycles. The molecule has 1 atom stereocenters. The van der Waals surface area contributed by atoms with Crippen LogP contribution in [0, 0.1) is 6.92 Å². The van der Waals surface area contributed by atoms with Crippen LogP contribution in [0.5, 0.6) is 0 Å². The fourth-order valence-electron chi connectivity index (χ4n) is 2.05. The highest BCUT2D eigenvalue weighted by atomic mass is 32.2. The van der Waals surface area contributed by atoms with Crippen molar-refractivity contribution in [2.24, 2.45) is 0 Å². The van der Waals surface area contributed by atoms with Crippen molar-refractivity contribution < 1.29 is 4.79 Å². The highest BCUT2D eigenvalue weighted by Crippen LogP contribution is 2.19. The summed E-state index contributed by atoms with van der Waals surface area (Å²) in [5.41, 5.74) is 2.05. The first-order chi connectivity index (χ1) is 10.2. The molecule has 2 aromatic heterocycles. The summed E-state index contributed by atoms with van der Waals surface area (Å²) in [5.74, 6) is 0.417. The summed E-state index contributed by atoms with van der Waals surface area (Å²) in [6, 6.07) is 7.70. The van der Waals surface area contributed by atoms with Crippen molar-refractivity contribution in [3.8, 4) is 0 Å². The number of rotatable bonds is 6. The van der Waals surface area contributed by atoms with Crippen LogP contribution in [0.25, 0.3) is 0 Å². The molecule has 0 saturated heterocycles. The molecular weight excluding hydrogens is 282 g/mol. The number of amides is 1. The van der Waals surface area contributed by atoms with Gasteiger partial charge < -0.3 is 5.32 Å². The minimum Gasteiger partial charge on any atom is -0.347 e. The lowest BCUT2D eigenvalue weighted by molar-refractivity contribution is -0.119. The number of aromatic nitrogens is 2. The average molecular weight is 301 g/mol. The molecule has 0 saturated carbocycles. The van der Waals surface area contributed by atoms with E-state index in [9.17, 15) is 4.79 Å². The van der Waals surface area contributed by atoms with Gasteiger partial charge in [-0.15, -0.1) is 11.8 Å². The van der Waals surface area contributed by atoms with Gasteiger partial charge >= 0.3 is 0 Å². The molecule has 0 spiro atoms. The van der Waals surface area contributed by atoms with Crippen LogP contribution in [0.3, 0.4) is 0 Å². The maximum absolute atomic E-state index is 12.1. The zero-order valence-corrected chi connectivity index (χ0v) is 13.1. The van der Waals surface area contributed by atoms with E-state index < -0.39 is 0 Å². The van der Waals surface area contributed by atoms with Crippen molar-refractivity contribution >= 4 is 17.7 Å². The monoisotopic (exact) mass is 301 g/mol. The van der Waals surface area contributed by atoms with Gasteiger partial charge in [-0.05, 0) is 37.1 Å². The summed E-state index contributed by atoms with van der Waals surface area (Å²) < 4.78 is 0. The number of nitrogens with one attached hydrogen (secondary N) is 1. The maximum Gasteiger partial charge on any atom is 0.230 e. The van der Waals surface area contributed by atoms with E-state index >= 15 is 0 Å². The summed E-state index contributed by atoms with van der Waals surface area (Å²) in [5, 5.41) is 3.06. The number of hydrogen-bond donors (Lipinski definition) is 1. The Labute approximate surface area is 129 Å². The van der Waals surface area contributed by atoms with E-state index in [2.05, 4.69) is 22.2 Å². The third kappa shape index (κ3) is 4.56. The normalized spacial score (nSPS) is 11.9. The van der Waals surface area contributed by atoms with Gasteiger partial charge in [-0.3, -0.25) is 14.8 Å². The lowest BCUT2D eigenvalue weighted by Crippen LogP contribution is -2.30. The standard InChI is InChI=1S/C16H19N3OS/c1-3-14(16-12(2)5-4-8-18-16)19-15(20)11-21-13-6-9-17-10-7-13/h4-10,14H,3,11H2,1-2H3,(H,19,20). The number of aryl methyl sites for hydroxylation is 1. The molecule has 4 nitrogen and oxygen atoms in total. The summed E-state index contributed by atoms with van der Waals surface area (Å²) in [6.45, 7) is 4.07. The molecule has 1 unspecified atom stereocenters. The molecule has 0 fully saturated rings. The molecule has 0 radical (unpaired) electrons. The van der Waals surface area contributed by atoms with E-state index in [1.54, 1.807) is 18.6 Å². The molecule has 21 heavy (non-hydrogen) atoms. The van der Waals surface area contributed by atoms with Crippen LogP contribution in [-0.4, -0.2) is 21.6 Å². The lowest BCUT2D eigenvalue weighted by atomic mass is 10.1.